The molecule has 2 aliphatic heterocycles. The molecule has 0 amide bonds. The maximum absolute atomic E-state index is 2.88. The minimum Gasteiger partial charge on any atom is -0.375 e. The zero-order chi connectivity index (χ0) is 49.6. The van der Waals surface area contributed by atoms with Gasteiger partial charge in [0.25, 0.3) is 0 Å². The number of thiophene rings is 2. The Morgan fingerprint density at radius 1 is 0.416 bits per heavy atom. The van der Waals surface area contributed by atoms with Gasteiger partial charge >= 0.3 is 6.85 Å². The highest BCUT2D eigenvalue weighted by Gasteiger charge is 2.55. The minimum atomic E-state index is -0.0460. The van der Waals surface area contributed by atoms with Crippen molar-refractivity contribution in [2.75, 3.05) is 4.81 Å². The van der Waals surface area contributed by atoms with Gasteiger partial charge in [-0.15, -0.1) is 22.7 Å². The third-order valence-corrected chi connectivity index (χ3v) is 24.6. The molecule has 5 heteroatoms. The number of fused-ring (bicyclic) bond motifs is 16. The van der Waals surface area contributed by atoms with Crippen molar-refractivity contribution in [3.63, 3.8) is 0 Å². The molecule has 370 valence electrons. The fraction of sp³-hybridized carbons (Fsp3) is 0.278. The molecule has 12 aromatic rings. The van der Waals surface area contributed by atoms with E-state index in [4.69, 9.17) is 0 Å². The summed E-state index contributed by atoms with van der Waals surface area (Å²) in [4.78, 5) is 2.88. The minimum absolute atomic E-state index is 0.0460. The lowest BCUT2D eigenvalue weighted by atomic mass is 9.42. The molecule has 9 aromatic carbocycles. The van der Waals surface area contributed by atoms with E-state index >= 15 is 0 Å². The molecule has 0 unspecified atom stereocenters. The van der Waals surface area contributed by atoms with Crippen molar-refractivity contribution >= 4 is 125 Å². The molecule has 8 saturated carbocycles. The van der Waals surface area contributed by atoms with Gasteiger partial charge in [0.2, 0.25) is 0 Å². The summed E-state index contributed by atoms with van der Waals surface area (Å²) in [6, 6.07) is 65.4. The van der Waals surface area contributed by atoms with Crippen LogP contribution in [0.2, 0.25) is 0 Å². The maximum atomic E-state index is 2.88. The molecule has 2 nitrogen and oxygen atoms in total. The monoisotopic (exact) mass is 1020 g/mol. The van der Waals surface area contributed by atoms with Crippen LogP contribution < -0.4 is 15.7 Å². The van der Waals surface area contributed by atoms with Crippen LogP contribution in [0.25, 0.3) is 101 Å². The van der Waals surface area contributed by atoms with E-state index < -0.39 is 0 Å². The van der Waals surface area contributed by atoms with Gasteiger partial charge in [-0.1, -0.05) is 109 Å². The summed E-state index contributed by atoms with van der Waals surface area (Å²) in [5.41, 5.74) is 19.0. The zero-order valence-corrected chi connectivity index (χ0v) is 45.0. The highest BCUT2D eigenvalue weighted by molar-refractivity contribution is 7.27. The fourth-order valence-electron chi connectivity index (χ4n) is 20.0. The molecule has 77 heavy (non-hydrogen) atoms. The molecule has 0 radical (unpaired) electrons. The Morgan fingerprint density at radius 2 is 1.03 bits per heavy atom. The van der Waals surface area contributed by atoms with Crippen LogP contribution in [0.4, 0.5) is 11.4 Å². The SMILES string of the molecule is c1ccc(-c2ccc(N3B4c5c(cc6c(sc7ccccc76)c5-n5c6ccc(C78CC9CC(CC(C9)C7)C8)cc6c6cc(C78CC9CC(CC(C9)C7)C8)cc4c65)-c4ccc5c(sc6cc7ccccc7cc65)c43)cc2)cc1. The molecule has 10 aliphatic rings. The Bertz CT molecular complexity index is 4540. The third-order valence-electron chi connectivity index (χ3n) is 22.2. The topological polar surface area (TPSA) is 8.17 Å². The van der Waals surface area contributed by atoms with Gasteiger partial charge < -0.3 is 9.38 Å². The van der Waals surface area contributed by atoms with Crippen LogP contribution in [-0.2, 0) is 10.8 Å². The second-order valence-electron chi connectivity index (χ2n) is 26.4. The molecular formula is C72H57BN2S2. The molecule has 8 aliphatic carbocycles. The lowest BCUT2D eigenvalue weighted by molar-refractivity contribution is -0.00526. The normalized spacial score (nSPS) is 27.2. The smallest absolute Gasteiger partial charge is 0.333 e. The summed E-state index contributed by atoms with van der Waals surface area (Å²) < 4.78 is 8.40. The first-order valence-electron chi connectivity index (χ1n) is 29.4. The average molecular weight is 1030 g/mol. The lowest BCUT2D eigenvalue weighted by Gasteiger charge is -2.57. The van der Waals surface area contributed by atoms with Crippen LogP contribution in [-0.4, -0.2) is 11.4 Å². The first kappa shape index (κ1) is 42.4. The van der Waals surface area contributed by atoms with Gasteiger partial charge in [0, 0.05) is 53.0 Å². The summed E-state index contributed by atoms with van der Waals surface area (Å²) in [7, 11) is 0. The molecule has 0 saturated heterocycles. The molecule has 22 rings (SSSR count). The highest BCUT2D eigenvalue weighted by atomic mass is 32.1. The largest absolute Gasteiger partial charge is 0.375 e. The molecular weight excluding hydrogens is 968 g/mol. The van der Waals surface area contributed by atoms with Crippen LogP contribution in [0.1, 0.15) is 88.2 Å². The lowest BCUT2D eigenvalue weighted by Crippen LogP contribution is -2.61. The Labute approximate surface area is 457 Å². The summed E-state index contributed by atoms with van der Waals surface area (Å²) in [6.07, 6.45) is 17.0. The Kier molecular flexibility index (Phi) is 8.10. The second-order valence-corrected chi connectivity index (χ2v) is 28.5. The van der Waals surface area contributed by atoms with Crippen LogP contribution in [0.3, 0.4) is 0 Å². The predicted molar refractivity (Wildman–Crippen MR) is 328 cm³/mol. The van der Waals surface area contributed by atoms with Crippen molar-refractivity contribution < 1.29 is 0 Å². The number of nitrogens with zero attached hydrogens (tertiary/aromatic N) is 2. The van der Waals surface area contributed by atoms with E-state index in [0.717, 1.165) is 35.5 Å². The molecule has 0 spiro atoms. The van der Waals surface area contributed by atoms with Crippen molar-refractivity contribution in [2.45, 2.75) is 87.9 Å². The first-order valence-corrected chi connectivity index (χ1v) is 31.0. The Balaban J connectivity index is 0.937. The molecule has 8 bridgehead atoms. The highest BCUT2D eigenvalue weighted by Crippen LogP contribution is 2.64. The summed E-state index contributed by atoms with van der Waals surface area (Å²) in [5, 5.41) is 11.1. The van der Waals surface area contributed by atoms with Crippen LogP contribution in [0.5, 0.6) is 0 Å². The third kappa shape index (κ3) is 5.58. The number of hydrogen-bond donors (Lipinski definition) is 0. The van der Waals surface area contributed by atoms with Gasteiger partial charge in [-0.25, -0.2) is 0 Å². The molecule has 5 heterocycles. The van der Waals surface area contributed by atoms with Crippen LogP contribution in [0, 0.1) is 35.5 Å². The molecule has 0 atom stereocenters. The molecule has 8 fully saturated rings. The predicted octanol–water partition coefficient (Wildman–Crippen LogP) is 18.5. The first-order chi connectivity index (χ1) is 38.0. The second kappa shape index (κ2) is 14.7. The van der Waals surface area contributed by atoms with E-state index in [0.29, 0.717) is 5.41 Å². The maximum Gasteiger partial charge on any atom is 0.333 e. The van der Waals surface area contributed by atoms with Crippen LogP contribution in [0.15, 0.2) is 164 Å². The summed E-state index contributed by atoms with van der Waals surface area (Å²) in [6.45, 7) is -0.0460. The van der Waals surface area contributed by atoms with Gasteiger partial charge in [0.15, 0.2) is 0 Å². The number of rotatable bonds is 4. The standard InChI is InChI=1S/C72H57BN2S2/c1-2-8-46(9-3-1)47-14-17-52(18-15-47)75-67-54(19-20-55-57-28-48-10-4-5-11-49(48)29-64(57)77-69(55)67)58-33-60-53-12-6-7-13-63(53)76-70(60)68-65(58)73(75)61-32-51(72-37-43-25-44(38-72)27-45(26-43)39-72)31-59-56-30-50(16-21-62(56)74(68)66(59)61)71-34-40-22-41(35-71)24-42(23-40)36-71/h1-21,28-33,40-45H,22-27,34-39H2. The van der Waals surface area contributed by atoms with Crippen molar-refractivity contribution in [2.24, 2.45) is 35.5 Å². The van der Waals surface area contributed by atoms with Gasteiger partial charge in [0.05, 0.1) is 31.8 Å². The quantitative estimate of drug-likeness (QED) is 0.160. The van der Waals surface area contributed by atoms with E-state index in [1.807, 2.05) is 22.7 Å². The zero-order valence-electron chi connectivity index (χ0n) is 43.3. The van der Waals surface area contributed by atoms with E-state index in [9.17, 15) is 0 Å². The van der Waals surface area contributed by atoms with Crippen molar-refractivity contribution in [1.29, 1.82) is 0 Å². The van der Waals surface area contributed by atoms with Crippen molar-refractivity contribution in [3.8, 4) is 27.9 Å². The van der Waals surface area contributed by atoms with Gasteiger partial charge in [-0.05, 0) is 227 Å². The van der Waals surface area contributed by atoms with Crippen molar-refractivity contribution in [1.82, 2.24) is 4.57 Å². The van der Waals surface area contributed by atoms with Gasteiger partial charge in [-0.3, -0.25) is 0 Å². The number of hydrogen-bond acceptors (Lipinski definition) is 3. The molecule has 3 aromatic heterocycles. The Hall–Kier alpha value is -6.66. The van der Waals surface area contributed by atoms with Crippen LogP contribution >= 0.6 is 22.7 Å². The number of benzene rings is 9. The van der Waals surface area contributed by atoms with E-state index in [1.54, 1.807) is 11.1 Å². The average Bonchev–Trinajstić information content (AvgIpc) is 4.36. The fourth-order valence-corrected chi connectivity index (χ4v) is 22.5. The van der Waals surface area contributed by atoms with Gasteiger partial charge in [0.1, 0.15) is 0 Å². The van der Waals surface area contributed by atoms with Crippen molar-refractivity contribution in [3.05, 3.63) is 175 Å². The summed E-state index contributed by atoms with van der Waals surface area (Å²) >= 11 is 4.03. The van der Waals surface area contributed by atoms with E-state index in [2.05, 4.69) is 173 Å². The number of anilines is 2. The summed E-state index contributed by atoms with van der Waals surface area (Å²) in [5.74, 6) is 5.32. The van der Waals surface area contributed by atoms with Gasteiger partial charge in [-0.2, -0.15) is 0 Å². The number of aromatic nitrogens is 1. The molecule has 0 N–H and O–H groups in total. The van der Waals surface area contributed by atoms with E-state index in [1.165, 1.54) is 200 Å². The van der Waals surface area contributed by atoms with E-state index in [-0.39, 0.29) is 12.3 Å². The Morgan fingerprint density at radius 3 is 1.75 bits per heavy atom.